The molecule has 2 unspecified atom stereocenters. The molecule has 0 radical (unpaired) electrons. The summed E-state index contributed by atoms with van der Waals surface area (Å²) in [7, 11) is 0. The lowest BCUT2D eigenvalue weighted by Gasteiger charge is -2.10. The topological polar surface area (TPSA) is 87.0 Å². The van der Waals surface area contributed by atoms with Crippen LogP contribution in [0.5, 0.6) is 0 Å². The number of carbonyl (C=O) groups is 1. The Bertz CT molecular complexity index is 214. The average Bonchev–Trinajstić information content (AvgIpc) is 2.12. The van der Waals surface area contributed by atoms with Crippen LogP contribution in [0.2, 0.25) is 0 Å². The van der Waals surface area contributed by atoms with Crippen LogP contribution in [0.4, 0.5) is 0 Å². The van der Waals surface area contributed by atoms with E-state index in [0.29, 0.717) is 6.61 Å². The monoisotopic (exact) mass is 270 g/mol. The highest BCUT2D eigenvalue weighted by Crippen LogP contribution is 2.02. The number of carboxylic acid groups (broad SMARTS) is 1. The van der Waals surface area contributed by atoms with Gasteiger partial charge < -0.3 is 20.1 Å². The molecule has 0 saturated carbocycles. The van der Waals surface area contributed by atoms with Crippen LogP contribution in [-0.2, 0) is 9.53 Å². The molecule has 0 heterocycles. The summed E-state index contributed by atoms with van der Waals surface area (Å²) in [5.74, 6) is -1.03. The summed E-state index contributed by atoms with van der Waals surface area (Å²) in [6, 6.07) is 0. The molecule has 16 heavy (non-hydrogen) atoms. The van der Waals surface area contributed by atoms with Gasteiger partial charge in [0.1, 0.15) is 0 Å². The molecule has 0 fully saturated rings. The number of hydrogen-bond acceptors (Lipinski definition) is 6. The molecule has 2 atom stereocenters. The maximum absolute atomic E-state index is 9.64. The quantitative estimate of drug-likeness (QED) is 0.372. The van der Waals surface area contributed by atoms with Crippen LogP contribution in [0, 0.1) is 0 Å². The molecule has 0 saturated heterocycles. The molecular formula is C9H18O5S2. The van der Waals surface area contributed by atoms with E-state index >= 15 is 0 Å². The summed E-state index contributed by atoms with van der Waals surface area (Å²) in [5.41, 5.74) is 0. The molecule has 96 valence electrons. The van der Waals surface area contributed by atoms with Gasteiger partial charge in [0.25, 0.3) is 0 Å². The van der Waals surface area contributed by atoms with Gasteiger partial charge in [-0.15, -0.1) is 25.3 Å². The highest BCUT2D eigenvalue weighted by Gasteiger charge is 2.00. The van der Waals surface area contributed by atoms with Gasteiger partial charge >= 0.3 is 5.97 Å². The number of aliphatic hydroxyl groups excluding tert-OH is 2. The Morgan fingerprint density at radius 2 is 1.94 bits per heavy atom. The second-order valence-electron chi connectivity index (χ2n) is 3.02. The predicted molar refractivity (Wildman–Crippen MR) is 67.9 cm³/mol. The first-order valence-electron chi connectivity index (χ1n) is 4.52. The van der Waals surface area contributed by atoms with E-state index in [1.165, 1.54) is 0 Å². The summed E-state index contributed by atoms with van der Waals surface area (Å²) < 4.78 is 5.15. The van der Waals surface area contributed by atoms with E-state index in [2.05, 4.69) is 25.3 Å². The van der Waals surface area contributed by atoms with Gasteiger partial charge in [0.2, 0.25) is 0 Å². The van der Waals surface area contributed by atoms with Crippen LogP contribution in [0.15, 0.2) is 10.3 Å². The Balaban J connectivity index is 0. The van der Waals surface area contributed by atoms with Gasteiger partial charge in [-0.25, -0.2) is 4.79 Å². The maximum Gasteiger partial charge on any atom is 0.329 e. The lowest BCUT2D eigenvalue weighted by atomic mass is 10.4. The molecule has 3 N–H and O–H groups in total. The van der Waals surface area contributed by atoms with E-state index in [-0.39, 0.29) is 16.9 Å². The van der Waals surface area contributed by atoms with E-state index in [9.17, 15) is 4.79 Å². The van der Waals surface area contributed by atoms with Gasteiger partial charge in [-0.1, -0.05) is 0 Å². The number of thiol groups is 2. The summed E-state index contributed by atoms with van der Waals surface area (Å²) >= 11 is 7.16. The maximum atomic E-state index is 9.64. The van der Waals surface area contributed by atoms with Crippen molar-refractivity contribution in [1.29, 1.82) is 0 Å². The minimum Gasteiger partial charge on any atom is -0.478 e. The zero-order valence-electron chi connectivity index (χ0n) is 9.20. The molecule has 0 aromatic rings. The van der Waals surface area contributed by atoms with Crippen molar-refractivity contribution in [3.8, 4) is 0 Å². The third-order valence-corrected chi connectivity index (χ3v) is 1.39. The first-order chi connectivity index (χ1) is 7.29. The van der Waals surface area contributed by atoms with Gasteiger partial charge in [-0.05, 0) is 13.8 Å². The van der Waals surface area contributed by atoms with Gasteiger partial charge in [0.05, 0.1) is 25.4 Å². The fourth-order valence-electron chi connectivity index (χ4n) is 0.467. The van der Waals surface area contributed by atoms with Gasteiger partial charge in [-0.3, -0.25) is 0 Å². The third kappa shape index (κ3) is 19.4. The number of rotatable bonds is 5. The summed E-state index contributed by atoms with van der Waals surface area (Å²) in [6.45, 7) is 3.70. The molecule has 0 aliphatic heterocycles. The van der Waals surface area contributed by atoms with Crippen LogP contribution in [0.1, 0.15) is 13.8 Å². The van der Waals surface area contributed by atoms with Crippen molar-refractivity contribution in [2.24, 2.45) is 0 Å². The van der Waals surface area contributed by atoms with Crippen LogP contribution in [-0.4, -0.2) is 46.7 Å². The van der Waals surface area contributed by atoms with Crippen molar-refractivity contribution in [1.82, 2.24) is 0 Å². The number of carboxylic acids is 1. The molecule has 0 rings (SSSR count). The third-order valence-electron chi connectivity index (χ3n) is 1.13. The van der Waals surface area contributed by atoms with Crippen LogP contribution in [0.25, 0.3) is 0 Å². The molecule has 0 aromatic heterocycles. The summed E-state index contributed by atoms with van der Waals surface area (Å²) in [4.78, 5) is 9.64. The SMILES string of the molecule is CC(O)COC(C)CO.O=C(O)C=C(S)S. The predicted octanol–water partition coefficient (Wildman–Crippen LogP) is 0.537. The van der Waals surface area contributed by atoms with Crippen LogP contribution >= 0.6 is 25.3 Å². The molecule has 0 amide bonds. The smallest absolute Gasteiger partial charge is 0.329 e. The Morgan fingerprint density at radius 1 is 1.44 bits per heavy atom. The molecule has 5 nitrogen and oxygen atoms in total. The second-order valence-corrected chi connectivity index (χ2v) is 4.33. The van der Waals surface area contributed by atoms with Crippen molar-refractivity contribution >= 4 is 31.2 Å². The van der Waals surface area contributed by atoms with E-state index in [0.717, 1.165) is 6.08 Å². The van der Waals surface area contributed by atoms with E-state index in [1.807, 2.05) is 0 Å². The average molecular weight is 270 g/mol. The Morgan fingerprint density at radius 3 is 2.12 bits per heavy atom. The minimum absolute atomic E-state index is 0.00667. The highest BCUT2D eigenvalue weighted by molar-refractivity contribution is 8.05. The first-order valence-corrected chi connectivity index (χ1v) is 5.42. The van der Waals surface area contributed by atoms with E-state index in [1.54, 1.807) is 13.8 Å². The van der Waals surface area contributed by atoms with Gasteiger partial charge in [0, 0.05) is 10.3 Å². The number of aliphatic hydroxyl groups is 2. The van der Waals surface area contributed by atoms with E-state index < -0.39 is 12.1 Å². The largest absolute Gasteiger partial charge is 0.478 e. The molecule has 0 bridgehead atoms. The molecule has 7 heteroatoms. The summed E-state index contributed by atoms with van der Waals surface area (Å²) in [6.07, 6.45) is 0.283. The van der Waals surface area contributed by atoms with Crippen molar-refractivity contribution < 1.29 is 24.9 Å². The van der Waals surface area contributed by atoms with Crippen molar-refractivity contribution in [2.45, 2.75) is 26.1 Å². The van der Waals surface area contributed by atoms with Crippen molar-refractivity contribution in [2.75, 3.05) is 13.2 Å². The van der Waals surface area contributed by atoms with E-state index in [4.69, 9.17) is 20.1 Å². The Labute approximate surface area is 106 Å². The van der Waals surface area contributed by atoms with Gasteiger partial charge in [-0.2, -0.15) is 0 Å². The first kappa shape index (κ1) is 18.2. The molecule has 0 spiro atoms. The van der Waals surface area contributed by atoms with Crippen LogP contribution < -0.4 is 0 Å². The zero-order chi connectivity index (χ0) is 13.1. The second kappa shape index (κ2) is 11.3. The lowest BCUT2D eigenvalue weighted by molar-refractivity contribution is -0.131. The standard InChI is InChI=1S/C6H14O3.C3H4O2S2/c1-5(8)4-9-6(2)3-7;4-2(5)1-3(6)7/h5-8H,3-4H2,1-2H3;1,6-7H,(H,4,5). The number of aliphatic carboxylic acids is 1. The Kier molecular flexibility index (Phi) is 12.8. The summed E-state index contributed by atoms with van der Waals surface area (Å²) in [5, 5.41) is 25.0. The normalized spacial score (nSPS) is 13.1. The number of ether oxygens (including phenoxy) is 1. The molecule has 0 aliphatic rings. The molecule has 0 aliphatic carbocycles. The highest BCUT2D eigenvalue weighted by atomic mass is 32.2. The minimum atomic E-state index is -1.03. The lowest BCUT2D eigenvalue weighted by Crippen LogP contribution is -2.19. The molecule has 0 aromatic carbocycles. The van der Waals surface area contributed by atoms with Crippen molar-refractivity contribution in [3.63, 3.8) is 0 Å². The van der Waals surface area contributed by atoms with Gasteiger partial charge in [0.15, 0.2) is 0 Å². The Hall–Kier alpha value is -0.210. The van der Waals surface area contributed by atoms with Crippen molar-refractivity contribution in [3.05, 3.63) is 10.3 Å². The molecular weight excluding hydrogens is 252 g/mol. The van der Waals surface area contributed by atoms with Crippen LogP contribution in [0.3, 0.4) is 0 Å². The fourth-order valence-corrected chi connectivity index (χ4v) is 0.688. The number of hydrogen-bond donors (Lipinski definition) is 5. The fraction of sp³-hybridized carbons (Fsp3) is 0.667. The zero-order valence-corrected chi connectivity index (χ0v) is 11.0.